The van der Waals surface area contributed by atoms with Crippen LogP contribution in [0.25, 0.3) is 0 Å². The largest absolute Gasteiger partial charge is 0.432 e. The maximum absolute atomic E-state index is 14.0. The van der Waals surface area contributed by atoms with E-state index in [1.165, 1.54) is 0 Å². The number of aliphatic hydroxyl groups is 7. The molecule has 0 radical (unpaired) electrons. The predicted molar refractivity (Wildman–Crippen MR) is 157 cm³/mol. The molecule has 2 bridgehead atoms. The summed E-state index contributed by atoms with van der Waals surface area (Å²) < 4.78 is 23.8. The van der Waals surface area contributed by atoms with Crippen LogP contribution in [0.2, 0.25) is 0 Å². The van der Waals surface area contributed by atoms with Gasteiger partial charge in [-0.1, -0.05) is 26.8 Å². The molecule has 2 aliphatic heterocycles. The van der Waals surface area contributed by atoms with Crippen LogP contribution in [-0.2, 0) is 23.7 Å². The molecular weight excluding hydrogens is 588 g/mol. The molecule has 2 saturated heterocycles. The lowest BCUT2D eigenvalue weighted by Crippen LogP contribution is -2.62. The van der Waals surface area contributed by atoms with E-state index in [2.05, 4.69) is 13.5 Å². The highest BCUT2D eigenvalue weighted by Crippen LogP contribution is 2.73. The van der Waals surface area contributed by atoms with Gasteiger partial charge in [-0.3, -0.25) is 4.79 Å². The molecule has 4 saturated carbocycles. The molecule has 0 aromatic rings. The fourth-order valence-electron chi connectivity index (χ4n) is 10.8. The van der Waals surface area contributed by atoms with Gasteiger partial charge in [-0.15, -0.1) is 0 Å². The van der Waals surface area contributed by atoms with Crippen LogP contribution < -0.4 is 0 Å². The Bertz CT molecular complexity index is 1150. The van der Waals surface area contributed by atoms with Gasteiger partial charge in [-0.05, 0) is 86.5 Å². The number of hydrogen-bond donors (Lipinski definition) is 7. The Balaban J connectivity index is 1.20. The van der Waals surface area contributed by atoms with Gasteiger partial charge in [-0.25, -0.2) is 0 Å². The van der Waals surface area contributed by atoms with Crippen molar-refractivity contribution in [2.75, 3.05) is 13.2 Å². The SMILES string of the molecule is C=C1C[C@@]23CC[C@H]4[C@@](C)(CCC[C@@]4(C)C(=O)O[C@@H]4O[C@H](CO)[C@@H](C)[C@H](O)[C@H]4O)[C@@H]2CC[C@]1(O[C@@H]1O[C@H](CO)[C@@H](O)[C@H](O)[C@H]1O)C3. The summed E-state index contributed by atoms with van der Waals surface area (Å²) in [5, 5.41) is 71.9. The van der Waals surface area contributed by atoms with Gasteiger partial charge in [0.25, 0.3) is 0 Å². The standard InChI is InChI=1S/C33H52O12/c1-16-12-32-10-6-20-30(3,8-5-9-31(20,4)29(41)44-27-25(39)22(36)17(2)18(13-34)42-27)21(32)7-11-33(16,15-32)45-28-26(40)24(38)23(37)19(14-35)43-28/h17-28,34-40H,1,5-15H2,2-4H3/t17-,18-,19-,20+,21+,22+,23-,24+,25-,26-,27+,28+,30-,31-,32-,33+/m1/s1. The average molecular weight is 641 g/mol. The number of esters is 1. The topological polar surface area (TPSA) is 196 Å². The molecular formula is C33H52O12. The summed E-state index contributed by atoms with van der Waals surface area (Å²) in [5.41, 5.74) is -1.03. The molecule has 0 aromatic carbocycles. The minimum absolute atomic E-state index is 0.00725. The van der Waals surface area contributed by atoms with Crippen LogP contribution in [0.1, 0.15) is 78.6 Å². The van der Waals surface area contributed by atoms with Crippen molar-refractivity contribution in [1.82, 2.24) is 0 Å². The van der Waals surface area contributed by atoms with Crippen molar-refractivity contribution in [1.29, 1.82) is 0 Å². The molecule has 0 amide bonds. The first-order valence-corrected chi connectivity index (χ1v) is 16.7. The van der Waals surface area contributed by atoms with Gasteiger partial charge in [0, 0.05) is 5.92 Å². The van der Waals surface area contributed by atoms with Gasteiger partial charge >= 0.3 is 5.97 Å². The Morgan fingerprint density at radius 2 is 1.49 bits per heavy atom. The Hall–Kier alpha value is -1.19. The van der Waals surface area contributed by atoms with Crippen LogP contribution in [-0.4, -0.2) is 116 Å². The van der Waals surface area contributed by atoms with E-state index in [1.807, 2.05) is 6.92 Å². The number of carbonyl (C=O) groups is 1. The molecule has 6 fully saturated rings. The number of rotatable bonds is 6. The molecule has 4 aliphatic carbocycles. The first-order valence-electron chi connectivity index (χ1n) is 16.7. The van der Waals surface area contributed by atoms with Gasteiger partial charge in [0.2, 0.25) is 6.29 Å². The van der Waals surface area contributed by atoms with Crippen LogP contribution in [0.15, 0.2) is 12.2 Å². The maximum atomic E-state index is 14.0. The molecule has 6 rings (SSSR count). The third-order valence-corrected chi connectivity index (χ3v) is 13.2. The normalized spacial score (nSPS) is 54.7. The lowest BCUT2D eigenvalue weighted by molar-refractivity contribution is -0.327. The molecule has 0 aromatic heterocycles. The molecule has 45 heavy (non-hydrogen) atoms. The van der Waals surface area contributed by atoms with Crippen molar-refractivity contribution >= 4 is 5.97 Å². The predicted octanol–water partition coefficient (Wildman–Crippen LogP) is 0.513. The molecule has 12 nitrogen and oxygen atoms in total. The molecule has 6 aliphatic rings. The molecule has 7 N–H and O–H groups in total. The third kappa shape index (κ3) is 5.05. The quantitative estimate of drug-likeness (QED) is 0.121. The molecule has 16 atom stereocenters. The first-order chi connectivity index (χ1) is 21.2. The molecule has 1 spiro atoms. The van der Waals surface area contributed by atoms with E-state index in [0.29, 0.717) is 19.3 Å². The van der Waals surface area contributed by atoms with Gasteiger partial charge in [0.05, 0.1) is 36.4 Å². The van der Waals surface area contributed by atoms with E-state index >= 15 is 0 Å². The Morgan fingerprint density at radius 3 is 2.18 bits per heavy atom. The molecule has 0 unspecified atom stereocenters. The molecule has 256 valence electrons. The van der Waals surface area contributed by atoms with Crippen LogP contribution in [0.5, 0.6) is 0 Å². The van der Waals surface area contributed by atoms with E-state index in [9.17, 15) is 40.5 Å². The summed E-state index contributed by atoms with van der Waals surface area (Å²) >= 11 is 0. The van der Waals surface area contributed by atoms with E-state index in [0.717, 1.165) is 44.1 Å². The fourth-order valence-corrected chi connectivity index (χ4v) is 10.8. The van der Waals surface area contributed by atoms with Crippen LogP contribution in [0, 0.1) is 34.0 Å². The van der Waals surface area contributed by atoms with E-state index in [1.54, 1.807) is 6.92 Å². The zero-order valence-electron chi connectivity index (χ0n) is 26.6. The number of hydrogen-bond acceptors (Lipinski definition) is 12. The highest BCUT2D eigenvalue weighted by atomic mass is 16.7. The monoisotopic (exact) mass is 640 g/mol. The van der Waals surface area contributed by atoms with Crippen LogP contribution in [0.4, 0.5) is 0 Å². The van der Waals surface area contributed by atoms with Crippen molar-refractivity contribution in [3.8, 4) is 0 Å². The van der Waals surface area contributed by atoms with E-state index < -0.39 is 84.8 Å². The number of carbonyl (C=O) groups excluding carboxylic acids is 1. The van der Waals surface area contributed by atoms with Crippen LogP contribution in [0.3, 0.4) is 0 Å². The minimum Gasteiger partial charge on any atom is -0.432 e. The summed E-state index contributed by atoms with van der Waals surface area (Å²) in [6.07, 6.45) is -4.64. The number of fused-ring (bicyclic) bond motifs is 3. The van der Waals surface area contributed by atoms with Crippen molar-refractivity contribution in [2.24, 2.45) is 34.0 Å². The van der Waals surface area contributed by atoms with Gasteiger partial charge < -0.3 is 54.7 Å². The van der Waals surface area contributed by atoms with Gasteiger partial charge in [0.1, 0.15) is 30.5 Å². The summed E-state index contributed by atoms with van der Waals surface area (Å²) in [6.45, 7) is 9.45. The summed E-state index contributed by atoms with van der Waals surface area (Å²) in [5.74, 6) is -0.705. The lowest BCUT2D eigenvalue weighted by Gasteiger charge is -2.64. The summed E-state index contributed by atoms with van der Waals surface area (Å²) in [4.78, 5) is 14.0. The fraction of sp³-hybridized carbons (Fsp3) is 0.909. The Morgan fingerprint density at radius 1 is 0.844 bits per heavy atom. The average Bonchev–Trinajstić information content (AvgIpc) is 3.20. The number of ether oxygens (including phenoxy) is 4. The second-order valence-electron chi connectivity index (χ2n) is 15.6. The summed E-state index contributed by atoms with van der Waals surface area (Å²) in [6, 6.07) is 0. The second-order valence-corrected chi connectivity index (χ2v) is 15.6. The smallest absolute Gasteiger partial charge is 0.314 e. The zero-order chi connectivity index (χ0) is 32.7. The van der Waals surface area contributed by atoms with Crippen molar-refractivity contribution < 1.29 is 59.5 Å². The van der Waals surface area contributed by atoms with Crippen molar-refractivity contribution in [3.63, 3.8) is 0 Å². The van der Waals surface area contributed by atoms with Crippen molar-refractivity contribution in [3.05, 3.63) is 12.2 Å². The zero-order valence-corrected chi connectivity index (χ0v) is 26.6. The van der Waals surface area contributed by atoms with E-state index in [4.69, 9.17) is 18.9 Å². The maximum Gasteiger partial charge on any atom is 0.314 e. The van der Waals surface area contributed by atoms with Gasteiger partial charge in [-0.2, -0.15) is 0 Å². The van der Waals surface area contributed by atoms with Crippen molar-refractivity contribution in [2.45, 2.75) is 139 Å². The second kappa shape index (κ2) is 11.7. The minimum atomic E-state index is -1.52. The van der Waals surface area contributed by atoms with E-state index in [-0.39, 0.29) is 29.3 Å². The highest BCUT2D eigenvalue weighted by molar-refractivity contribution is 5.77. The third-order valence-electron chi connectivity index (χ3n) is 13.2. The Kier molecular flexibility index (Phi) is 8.80. The molecule has 12 heteroatoms. The number of aliphatic hydroxyl groups excluding tert-OH is 7. The first kappa shape index (κ1) is 33.7. The Labute approximate surface area is 264 Å². The molecule has 2 heterocycles. The lowest BCUT2D eigenvalue weighted by atomic mass is 9.41. The van der Waals surface area contributed by atoms with Gasteiger partial charge in [0.15, 0.2) is 6.29 Å². The summed E-state index contributed by atoms with van der Waals surface area (Å²) in [7, 11) is 0. The van der Waals surface area contributed by atoms with Crippen LogP contribution >= 0.6 is 0 Å². The highest BCUT2D eigenvalue weighted by Gasteiger charge is 2.69.